The number of thioether (sulfide) groups is 2. The van der Waals surface area contributed by atoms with E-state index < -0.39 is 6.10 Å². The van der Waals surface area contributed by atoms with E-state index in [4.69, 9.17) is 14.5 Å². The molecule has 0 aliphatic heterocycles. The molecule has 0 aliphatic carbocycles. The van der Waals surface area contributed by atoms with Crippen molar-refractivity contribution in [1.29, 1.82) is 5.26 Å². The minimum atomic E-state index is -0.399. The van der Waals surface area contributed by atoms with E-state index in [0.717, 1.165) is 52.3 Å². The first-order valence-electron chi connectivity index (χ1n) is 15.4. The number of aromatic nitrogens is 1. The lowest BCUT2D eigenvalue weighted by Crippen LogP contribution is -2.28. The molecular weight excluding hydrogens is 597 g/mol. The second-order valence-electron chi connectivity index (χ2n) is 12.0. The van der Waals surface area contributed by atoms with Gasteiger partial charge < -0.3 is 9.47 Å². The monoisotopic (exact) mass is 638 g/mol. The average Bonchev–Trinajstić information content (AvgIpc) is 3.04. The van der Waals surface area contributed by atoms with Crippen molar-refractivity contribution in [2.24, 2.45) is 0 Å². The van der Waals surface area contributed by atoms with Gasteiger partial charge in [-0.1, -0.05) is 118 Å². The van der Waals surface area contributed by atoms with Gasteiger partial charge in [-0.05, 0) is 53.8 Å². The molecule has 0 saturated heterocycles. The van der Waals surface area contributed by atoms with Gasteiger partial charge in [0.2, 0.25) is 0 Å². The molecule has 0 fully saturated rings. The summed E-state index contributed by atoms with van der Waals surface area (Å²) in [5.41, 5.74) is 6.30. The molecule has 7 heteroatoms. The van der Waals surface area contributed by atoms with E-state index >= 15 is 0 Å². The largest absolute Gasteiger partial charge is 0.490 e. The summed E-state index contributed by atoms with van der Waals surface area (Å²) in [5.74, 6) is 2.08. The van der Waals surface area contributed by atoms with Gasteiger partial charge in [-0.15, -0.1) is 0 Å². The summed E-state index contributed by atoms with van der Waals surface area (Å²) >= 11 is 3.01. The van der Waals surface area contributed by atoms with Crippen LogP contribution in [0.5, 0.6) is 5.75 Å². The molecule has 0 aliphatic rings. The second kappa shape index (κ2) is 16.5. The molecule has 0 N–H and O–H groups in total. The van der Waals surface area contributed by atoms with Gasteiger partial charge in [0, 0.05) is 16.9 Å². The molecule has 45 heavy (non-hydrogen) atoms. The fourth-order valence-corrected chi connectivity index (χ4v) is 6.49. The van der Waals surface area contributed by atoms with Crippen molar-refractivity contribution in [2.75, 3.05) is 23.9 Å². The van der Waals surface area contributed by atoms with Crippen LogP contribution < -0.4 is 4.74 Å². The number of nitrogens with zero attached hydrogens (tertiary/aromatic N) is 2. The highest BCUT2D eigenvalue weighted by molar-refractivity contribution is 8.00. The third kappa shape index (κ3) is 10.1. The van der Waals surface area contributed by atoms with E-state index in [0.29, 0.717) is 16.3 Å². The highest BCUT2D eigenvalue weighted by atomic mass is 32.2. The zero-order valence-electron chi connectivity index (χ0n) is 26.8. The summed E-state index contributed by atoms with van der Waals surface area (Å²) in [6.45, 7) is 11.0. The number of benzene rings is 3. The maximum absolute atomic E-state index is 13.2. The Bertz CT molecular complexity index is 1580. The Kier molecular flexibility index (Phi) is 12.6. The molecule has 0 spiro atoms. The smallest absolute Gasteiger partial charge is 0.316 e. The first kappa shape index (κ1) is 34.1. The summed E-state index contributed by atoms with van der Waals surface area (Å²) in [7, 11) is 0. The summed E-state index contributed by atoms with van der Waals surface area (Å²) in [6.07, 6.45) is 1.83. The number of carbonyl (C=O) groups excluding carboxylic acids is 1. The number of rotatable bonds is 14. The first-order chi connectivity index (χ1) is 21.7. The molecule has 0 amide bonds. The molecule has 3 aromatic carbocycles. The predicted octanol–water partition coefficient (Wildman–Crippen LogP) is 9.51. The molecular formula is C38H42N2O3S2. The number of aryl methyl sites for hydroxylation is 1. The van der Waals surface area contributed by atoms with Gasteiger partial charge in [-0.25, -0.2) is 4.98 Å². The number of hydrogen-bond donors (Lipinski definition) is 0. The molecule has 234 valence electrons. The Hall–Kier alpha value is -3.73. The Morgan fingerprint density at radius 1 is 0.978 bits per heavy atom. The van der Waals surface area contributed by atoms with Crippen LogP contribution in [0.2, 0.25) is 0 Å². The predicted molar refractivity (Wildman–Crippen MR) is 188 cm³/mol. The van der Waals surface area contributed by atoms with Crippen LogP contribution >= 0.6 is 23.5 Å². The Balaban J connectivity index is 1.50. The zero-order chi connectivity index (χ0) is 32.2. The number of carbonyl (C=O) groups is 1. The van der Waals surface area contributed by atoms with Crippen LogP contribution in [0, 0.1) is 18.3 Å². The van der Waals surface area contributed by atoms with Gasteiger partial charge in [-0.3, -0.25) is 4.79 Å². The van der Waals surface area contributed by atoms with Crippen LogP contribution in [0.1, 0.15) is 57.2 Å². The molecule has 1 atom stereocenters. The van der Waals surface area contributed by atoms with E-state index in [-0.39, 0.29) is 23.7 Å². The lowest BCUT2D eigenvalue weighted by Gasteiger charge is -2.21. The van der Waals surface area contributed by atoms with Crippen molar-refractivity contribution in [3.05, 3.63) is 102 Å². The van der Waals surface area contributed by atoms with Gasteiger partial charge in [0.1, 0.15) is 29.6 Å². The van der Waals surface area contributed by atoms with Crippen molar-refractivity contribution < 1.29 is 14.3 Å². The van der Waals surface area contributed by atoms with Gasteiger partial charge in [0.05, 0.1) is 17.0 Å². The lowest BCUT2D eigenvalue weighted by atomic mass is 9.87. The van der Waals surface area contributed by atoms with Gasteiger partial charge in [0.25, 0.3) is 0 Å². The summed E-state index contributed by atoms with van der Waals surface area (Å²) in [6, 6.07) is 30.4. The van der Waals surface area contributed by atoms with Crippen LogP contribution in [-0.2, 0) is 14.9 Å². The molecule has 4 aromatic rings. The van der Waals surface area contributed by atoms with Crippen molar-refractivity contribution in [3.63, 3.8) is 0 Å². The standard InChI is InChI=1S/C38H42N2O3S2/c1-6-7-21-44-25-32(24-42-31-19-17-30(18-20-31)38(3,4)5)43-36(41)26-45-37-34(23-39)33(28-11-9-8-10-12-28)22-35(40-37)29-15-13-27(2)14-16-29/h8-20,22,32H,6-7,21,24-26H2,1-5H3. The van der Waals surface area contributed by atoms with Crippen LogP contribution in [0.15, 0.2) is 90.0 Å². The molecule has 1 aromatic heterocycles. The van der Waals surface area contributed by atoms with Crippen molar-refractivity contribution in [3.8, 4) is 34.2 Å². The highest BCUT2D eigenvalue weighted by Gasteiger charge is 2.20. The van der Waals surface area contributed by atoms with Crippen LogP contribution in [0.4, 0.5) is 0 Å². The van der Waals surface area contributed by atoms with Crippen LogP contribution in [0.3, 0.4) is 0 Å². The highest BCUT2D eigenvalue weighted by Crippen LogP contribution is 2.34. The maximum Gasteiger partial charge on any atom is 0.316 e. The molecule has 1 heterocycles. The van der Waals surface area contributed by atoms with E-state index in [1.54, 1.807) is 11.8 Å². The molecule has 4 rings (SSSR count). The third-order valence-electron chi connectivity index (χ3n) is 7.26. The minimum Gasteiger partial charge on any atom is -0.490 e. The molecule has 0 bridgehead atoms. The third-order valence-corrected chi connectivity index (χ3v) is 9.39. The van der Waals surface area contributed by atoms with E-state index in [2.05, 4.69) is 45.9 Å². The zero-order valence-corrected chi connectivity index (χ0v) is 28.5. The molecule has 5 nitrogen and oxygen atoms in total. The van der Waals surface area contributed by atoms with E-state index in [1.165, 1.54) is 17.3 Å². The number of esters is 1. The van der Waals surface area contributed by atoms with E-state index in [1.807, 2.05) is 79.7 Å². The number of ether oxygens (including phenoxy) is 2. The van der Waals surface area contributed by atoms with Crippen molar-refractivity contribution >= 4 is 29.5 Å². The SMILES string of the molecule is CCCCSCC(COc1ccc(C(C)(C)C)cc1)OC(=O)CSc1nc(-c2ccc(C)cc2)cc(-c2ccccc2)c1C#N. The summed E-state index contributed by atoms with van der Waals surface area (Å²) in [5, 5.41) is 10.7. The quantitative estimate of drug-likeness (QED) is 0.0774. The number of nitriles is 1. The average molecular weight is 639 g/mol. The number of unbranched alkanes of at least 4 members (excludes halogenated alkanes) is 1. The van der Waals surface area contributed by atoms with Crippen LogP contribution in [-0.4, -0.2) is 40.9 Å². The molecule has 1 unspecified atom stereocenters. The second-order valence-corrected chi connectivity index (χ2v) is 14.1. The Labute approximate surface area is 276 Å². The summed E-state index contributed by atoms with van der Waals surface area (Å²) < 4.78 is 12.0. The number of pyridine rings is 1. The molecule has 0 radical (unpaired) electrons. The van der Waals surface area contributed by atoms with Gasteiger partial charge in [0.15, 0.2) is 0 Å². The van der Waals surface area contributed by atoms with Gasteiger partial charge in [-0.2, -0.15) is 17.0 Å². The van der Waals surface area contributed by atoms with Crippen molar-refractivity contribution in [2.45, 2.75) is 64.0 Å². The summed E-state index contributed by atoms with van der Waals surface area (Å²) in [4.78, 5) is 18.1. The van der Waals surface area contributed by atoms with Crippen LogP contribution in [0.25, 0.3) is 22.4 Å². The molecule has 0 saturated carbocycles. The topological polar surface area (TPSA) is 72.2 Å². The van der Waals surface area contributed by atoms with Gasteiger partial charge >= 0.3 is 5.97 Å². The van der Waals surface area contributed by atoms with Crippen molar-refractivity contribution in [1.82, 2.24) is 4.98 Å². The maximum atomic E-state index is 13.2. The Morgan fingerprint density at radius 2 is 1.69 bits per heavy atom. The normalized spacial score (nSPS) is 11.9. The van der Waals surface area contributed by atoms with E-state index in [9.17, 15) is 10.1 Å². The first-order valence-corrected chi connectivity index (χ1v) is 17.5. The Morgan fingerprint density at radius 3 is 2.33 bits per heavy atom. The minimum absolute atomic E-state index is 0.0314. The lowest BCUT2D eigenvalue weighted by molar-refractivity contribution is -0.145. The fraction of sp³-hybridized carbons (Fsp3) is 0.342. The number of hydrogen-bond acceptors (Lipinski definition) is 7. The fourth-order valence-electron chi connectivity index (χ4n) is 4.62.